The first-order valence-corrected chi connectivity index (χ1v) is 9.07. The van der Waals surface area contributed by atoms with Crippen LogP contribution in [0, 0.1) is 0 Å². The molecule has 0 spiro atoms. The number of rotatable bonds is 6. The van der Waals surface area contributed by atoms with Crippen LogP contribution in [-0.2, 0) is 14.9 Å². The molecule has 118 valence electrons. The molecule has 0 saturated heterocycles. The molecule has 2 rings (SSSR count). The molecule has 0 fully saturated rings. The molecular formula is C17H19BrO3S. The van der Waals surface area contributed by atoms with E-state index in [1.54, 1.807) is 32.1 Å². The molecule has 3 nitrogen and oxygen atoms in total. The monoisotopic (exact) mass is 382 g/mol. The lowest BCUT2D eigenvalue weighted by molar-refractivity contribution is -0.158. The Kier molecular flexibility index (Phi) is 5.64. The lowest BCUT2D eigenvalue weighted by Gasteiger charge is -2.25. The van der Waals surface area contributed by atoms with E-state index >= 15 is 0 Å². The molecule has 1 heterocycles. The van der Waals surface area contributed by atoms with Gasteiger partial charge in [-0.25, -0.2) is 4.79 Å². The number of esters is 1. The zero-order valence-electron chi connectivity index (χ0n) is 12.9. The van der Waals surface area contributed by atoms with Crippen LogP contribution in [0.5, 0.6) is 5.75 Å². The summed E-state index contributed by atoms with van der Waals surface area (Å²) >= 11 is 5.12. The molecule has 0 unspecified atom stereocenters. The molecule has 0 aliphatic rings. The molecule has 0 saturated carbocycles. The quantitative estimate of drug-likeness (QED) is 0.518. The maximum atomic E-state index is 12.0. The third kappa shape index (κ3) is 3.90. The lowest BCUT2D eigenvalue weighted by Crippen LogP contribution is -2.39. The van der Waals surface area contributed by atoms with Crippen molar-refractivity contribution in [3.63, 3.8) is 0 Å². The van der Waals surface area contributed by atoms with Gasteiger partial charge in [0.1, 0.15) is 5.75 Å². The highest BCUT2D eigenvalue weighted by molar-refractivity contribution is 9.08. The minimum Gasteiger partial charge on any atom is -0.475 e. The van der Waals surface area contributed by atoms with E-state index in [0.717, 1.165) is 21.3 Å². The SMILES string of the molecule is CCOC(=O)C(C)(C)Oc1ccc(CBr)cc1-c1cccs1. The minimum atomic E-state index is -1.03. The van der Waals surface area contributed by atoms with Crippen LogP contribution in [0.4, 0.5) is 0 Å². The molecule has 1 aromatic carbocycles. The fourth-order valence-corrected chi connectivity index (χ4v) is 3.09. The summed E-state index contributed by atoms with van der Waals surface area (Å²) in [5.41, 5.74) is 1.12. The van der Waals surface area contributed by atoms with Gasteiger partial charge in [-0.05, 0) is 49.9 Å². The smallest absolute Gasteiger partial charge is 0.349 e. The van der Waals surface area contributed by atoms with E-state index in [0.29, 0.717) is 12.4 Å². The highest BCUT2D eigenvalue weighted by atomic mass is 79.9. The lowest BCUT2D eigenvalue weighted by atomic mass is 10.1. The second kappa shape index (κ2) is 7.29. The highest BCUT2D eigenvalue weighted by Gasteiger charge is 2.32. The van der Waals surface area contributed by atoms with E-state index in [1.165, 1.54) is 0 Å². The van der Waals surface area contributed by atoms with Crippen molar-refractivity contribution < 1.29 is 14.3 Å². The van der Waals surface area contributed by atoms with Gasteiger partial charge >= 0.3 is 5.97 Å². The van der Waals surface area contributed by atoms with Gasteiger partial charge in [0.25, 0.3) is 0 Å². The molecule has 5 heteroatoms. The Morgan fingerprint density at radius 3 is 2.68 bits per heavy atom. The number of alkyl halides is 1. The van der Waals surface area contributed by atoms with Crippen molar-refractivity contribution in [3.8, 4) is 16.2 Å². The molecule has 0 radical (unpaired) electrons. The molecule has 0 aliphatic heterocycles. The van der Waals surface area contributed by atoms with Crippen molar-refractivity contribution >= 4 is 33.2 Å². The Morgan fingerprint density at radius 1 is 1.32 bits per heavy atom. The standard InChI is InChI=1S/C17H19BrO3S/c1-4-20-16(19)17(2,3)21-14-8-7-12(11-18)10-13(14)15-6-5-9-22-15/h5-10H,4,11H2,1-3H3. The molecule has 0 N–H and O–H groups in total. The van der Waals surface area contributed by atoms with Crippen molar-refractivity contribution in [1.82, 2.24) is 0 Å². The van der Waals surface area contributed by atoms with Gasteiger partial charge < -0.3 is 9.47 Å². The van der Waals surface area contributed by atoms with Crippen LogP contribution in [0.1, 0.15) is 26.3 Å². The van der Waals surface area contributed by atoms with Crippen LogP contribution in [0.3, 0.4) is 0 Å². The van der Waals surface area contributed by atoms with Crippen molar-refractivity contribution in [3.05, 3.63) is 41.3 Å². The summed E-state index contributed by atoms with van der Waals surface area (Å²) in [6, 6.07) is 10.0. The van der Waals surface area contributed by atoms with Crippen LogP contribution in [0.15, 0.2) is 35.7 Å². The number of carbonyl (C=O) groups excluding carboxylic acids is 1. The molecule has 1 aromatic heterocycles. The third-order valence-corrected chi connectivity index (χ3v) is 4.67. The van der Waals surface area contributed by atoms with Crippen LogP contribution in [-0.4, -0.2) is 18.2 Å². The first kappa shape index (κ1) is 17.0. The van der Waals surface area contributed by atoms with Gasteiger partial charge in [0, 0.05) is 15.8 Å². The molecule has 0 aliphatic carbocycles. The first-order chi connectivity index (χ1) is 10.5. The summed E-state index contributed by atoms with van der Waals surface area (Å²) in [4.78, 5) is 13.1. The molecule has 0 amide bonds. The van der Waals surface area contributed by atoms with Crippen molar-refractivity contribution in [2.24, 2.45) is 0 Å². The van der Waals surface area contributed by atoms with Gasteiger partial charge in [-0.3, -0.25) is 0 Å². The first-order valence-electron chi connectivity index (χ1n) is 7.07. The van der Waals surface area contributed by atoms with Gasteiger partial charge in [-0.1, -0.05) is 28.1 Å². The molecule has 0 bridgehead atoms. The van der Waals surface area contributed by atoms with E-state index in [2.05, 4.69) is 22.0 Å². The maximum absolute atomic E-state index is 12.0. The Morgan fingerprint density at radius 2 is 2.09 bits per heavy atom. The summed E-state index contributed by atoms with van der Waals surface area (Å²) in [7, 11) is 0. The Bertz CT molecular complexity index is 635. The minimum absolute atomic E-state index is 0.339. The van der Waals surface area contributed by atoms with Gasteiger partial charge in [-0.2, -0.15) is 0 Å². The number of hydrogen-bond donors (Lipinski definition) is 0. The van der Waals surface area contributed by atoms with Crippen LogP contribution in [0.25, 0.3) is 10.4 Å². The number of carbonyl (C=O) groups is 1. The molecule has 2 aromatic rings. The van der Waals surface area contributed by atoms with Crippen molar-refractivity contribution in [2.45, 2.75) is 31.7 Å². The van der Waals surface area contributed by atoms with Gasteiger partial charge in [-0.15, -0.1) is 11.3 Å². The van der Waals surface area contributed by atoms with Gasteiger partial charge in [0.05, 0.1) is 6.61 Å². The summed E-state index contributed by atoms with van der Waals surface area (Å²) < 4.78 is 11.1. The Balaban J connectivity index is 2.37. The van der Waals surface area contributed by atoms with Gasteiger partial charge in [0.2, 0.25) is 0 Å². The second-order valence-electron chi connectivity index (χ2n) is 5.27. The zero-order chi connectivity index (χ0) is 16.2. The number of ether oxygens (including phenoxy) is 2. The fraction of sp³-hybridized carbons (Fsp3) is 0.353. The predicted octanol–water partition coefficient (Wildman–Crippen LogP) is 5.03. The van der Waals surface area contributed by atoms with Gasteiger partial charge in [0.15, 0.2) is 5.60 Å². The zero-order valence-corrected chi connectivity index (χ0v) is 15.3. The average Bonchev–Trinajstić information content (AvgIpc) is 3.01. The van der Waals surface area contributed by atoms with Crippen LogP contribution in [0.2, 0.25) is 0 Å². The summed E-state index contributed by atoms with van der Waals surface area (Å²) in [6.07, 6.45) is 0. The van der Waals surface area contributed by atoms with E-state index in [4.69, 9.17) is 9.47 Å². The van der Waals surface area contributed by atoms with Crippen LogP contribution < -0.4 is 4.74 Å². The normalized spacial score (nSPS) is 11.3. The highest BCUT2D eigenvalue weighted by Crippen LogP contribution is 2.36. The van der Waals surface area contributed by atoms with E-state index in [9.17, 15) is 4.79 Å². The molecule has 22 heavy (non-hydrogen) atoms. The van der Waals surface area contributed by atoms with Crippen molar-refractivity contribution in [1.29, 1.82) is 0 Å². The van der Waals surface area contributed by atoms with Crippen LogP contribution >= 0.6 is 27.3 Å². The fourth-order valence-electron chi connectivity index (χ4n) is 2.00. The largest absolute Gasteiger partial charge is 0.475 e. The molecule has 0 atom stereocenters. The number of halogens is 1. The summed E-state index contributed by atoms with van der Waals surface area (Å²) in [6.45, 7) is 5.57. The topological polar surface area (TPSA) is 35.5 Å². The number of thiophene rings is 1. The average molecular weight is 383 g/mol. The maximum Gasteiger partial charge on any atom is 0.349 e. The Labute approximate surface area is 143 Å². The van der Waals surface area contributed by atoms with E-state index in [-0.39, 0.29) is 5.97 Å². The summed E-state index contributed by atoms with van der Waals surface area (Å²) in [5, 5.41) is 2.79. The number of benzene rings is 1. The molecular weight excluding hydrogens is 364 g/mol. The number of hydrogen-bond acceptors (Lipinski definition) is 4. The van der Waals surface area contributed by atoms with E-state index < -0.39 is 5.60 Å². The predicted molar refractivity (Wildman–Crippen MR) is 93.7 cm³/mol. The summed E-state index contributed by atoms with van der Waals surface area (Å²) in [5.74, 6) is 0.321. The van der Waals surface area contributed by atoms with E-state index in [1.807, 2.05) is 29.6 Å². The third-order valence-electron chi connectivity index (χ3n) is 3.12. The second-order valence-corrected chi connectivity index (χ2v) is 6.78. The Hall–Kier alpha value is -1.33. The van der Waals surface area contributed by atoms with Crippen molar-refractivity contribution in [2.75, 3.05) is 6.61 Å².